The van der Waals surface area contributed by atoms with Gasteiger partial charge in [0.25, 0.3) is 10.1 Å². The van der Waals surface area contributed by atoms with Crippen molar-refractivity contribution in [2.75, 3.05) is 0 Å². The largest absolute Gasteiger partial charge is 0.507 e. The van der Waals surface area contributed by atoms with Gasteiger partial charge in [-0.05, 0) is 31.0 Å². The molecular weight excluding hydrogens is 656 g/mol. The van der Waals surface area contributed by atoms with Crippen LogP contribution in [0.25, 0.3) is 0 Å². The average Bonchev–Trinajstić information content (AvgIpc) is 2.45. The van der Waals surface area contributed by atoms with E-state index in [9.17, 15) is 34.8 Å². The van der Waals surface area contributed by atoms with Gasteiger partial charge in [-0.25, -0.2) is 27.8 Å². The Morgan fingerprint density at radius 2 is 0.789 bits per heavy atom. The highest BCUT2D eigenvalue weighted by Gasteiger charge is 2.26. The van der Waals surface area contributed by atoms with Crippen LogP contribution in [0.4, 0.5) is 16.8 Å². The second-order valence-corrected chi connectivity index (χ2v) is 10.7. The summed E-state index contributed by atoms with van der Waals surface area (Å²) >= 11 is 0. The monoisotopic (exact) mass is 674 g/mol. The van der Waals surface area contributed by atoms with E-state index in [-0.39, 0.29) is 11.1 Å². The van der Waals surface area contributed by atoms with Gasteiger partial charge in [-0.1, -0.05) is 0 Å². The zero-order valence-corrected chi connectivity index (χ0v) is 22.4. The van der Waals surface area contributed by atoms with Crippen LogP contribution in [0.15, 0.2) is 11.0 Å². The van der Waals surface area contributed by atoms with E-state index >= 15 is 0 Å². The lowest BCUT2D eigenvalue weighted by atomic mass is 10.00. The lowest BCUT2D eigenvalue weighted by Crippen LogP contribution is -2.14. The van der Waals surface area contributed by atoms with Crippen LogP contribution in [0.2, 0.25) is 0 Å². The first-order valence-corrected chi connectivity index (χ1v) is 15.1. The molecular formula is C10H18F4O19P4S. The summed E-state index contributed by atoms with van der Waals surface area (Å²) in [5.74, 6) is -2.94. The Balaban J connectivity index is -0.000000235. The number of carboxylic acids is 2. The van der Waals surface area contributed by atoms with Gasteiger partial charge in [-0.3, -0.25) is 43.7 Å². The fraction of sp³-hybridized carbons (Fsp3) is 0.200. The minimum atomic E-state index is -5.14. The minimum absolute atomic E-state index is 0.201. The van der Waals surface area contributed by atoms with Gasteiger partial charge in [0.1, 0.15) is 4.90 Å². The van der Waals surface area contributed by atoms with Crippen molar-refractivity contribution < 1.29 is 107 Å². The van der Waals surface area contributed by atoms with Crippen molar-refractivity contribution in [1.29, 1.82) is 0 Å². The smallest absolute Gasteiger partial charge is 0.478 e. The Morgan fingerprint density at radius 3 is 0.895 bits per heavy atom. The van der Waals surface area contributed by atoms with E-state index in [0.717, 1.165) is 6.07 Å². The summed E-state index contributed by atoms with van der Waals surface area (Å²) in [5.41, 5.74) is -1.36. The maximum atomic E-state index is 11.2. The molecule has 0 fully saturated rings. The lowest BCUT2D eigenvalue weighted by Gasteiger charge is -2.12. The van der Waals surface area contributed by atoms with Gasteiger partial charge in [0.05, 0.1) is 11.1 Å². The number of carboxylic acid groups (broad SMARTS) is 2. The third-order valence-electron chi connectivity index (χ3n) is 2.50. The quantitative estimate of drug-likeness (QED) is 0.122. The molecule has 0 saturated carbocycles. The summed E-state index contributed by atoms with van der Waals surface area (Å²) in [5, 5.41) is 17.8. The summed E-state index contributed by atoms with van der Waals surface area (Å²) < 4.78 is 107. The molecule has 0 heterocycles. The van der Waals surface area contributed by atoms with E-state index in [1.165, 1.54) is 13.8 Å². The number of hydrogen-bond donors (Lipinski definition) is 11. The number of carbonyl (C=O) groups is 2. The highest BCUT2D eigenvalue weighted by atomic mass is 32.2. The molecule has 11 N–H and O–H groups in total. The standard InChI is InChI=1S/C10H10O7S.4FH2O3P/c1-4-6(9(11)12)3-7(10(13)14)5(2)8(4)18(15,16)17;4*1-5(2,3)4/h3H,1-2H3,(H,11,12)(H,13,14)(H,15,16,17);4*(H2,2,3,4). The highest BCUT2D eigenvalue weighted by molar-refractivity contribution is 7.86. The topological polar surface area (TPSA) is 359 Å². The first-order valence-electron chi connectivity index (χ1n) is 7.66. The Morgan fingerprint density at radius 1 is 0.632 bits per heavy atom. The Hall–Kier alpha value is -1.61. The Labute approximate surface area is 208 Å². The molecule has 1 aromatic rings. The van der Waals surface area contributed by atoms with Gasteiger partial charge in [0.2, 0.25) is 0 Å². The van der Waals surface area contributed by atoms with Gasteiger partial charge in [0.15, 0.2) is 0 Å². The van der Waals surface area contributed by atoms with Crippen LogP contribution in [0, 0.1) is 13.8 Å². The van der Waals surface area contributed by atoms with Crippen LogP contribution in [0.5, 0.6) is 0 Å². The molecule has 28 heteroatoms. The predicted octanol–water partition coefficient (Wildman–Crippen LogP) is 1.14. The van der Waals surface area contributed by atoms with Gasteiger partial charge in [-0.15, -0.1) is 16.8 Å². The Kier molecular flexibility index (Phi) is 18.8. The fourth-order valence-corrected chi connectivity index (χ4v) is 2.71. The van der Waals surface area contributed by atoms with Crippen LogP contribution in [0.1, 0.15) is 31.8 Å². The predicted molar refractivity (Wildman–Crippen MR) is 112 cm³/mol. The summed E-state index contributed by atoms with van der Waals surface area (Å²) in [6.07, 6.45) is 0. The van der Waals surface area contributed by atoms with E-state index in [4.69, 9.17) is 72.2 Å². The number of benzene rings is 1. The zero-order chi connectivity index (χ0) is 32.2. The van der Waals surface area contributed by atoms with E-state index in [0.29, 0.717) is 0 Å². The normalized spacial score (nSPS) is 11.6. The zero-order valence-electron chi connectivity index (χ0n) is 18.0. The second kappa shape index (κ2) is 16.5. The molecule has 226 valence electrons. The van der Waals surface area contributed by atoms with Crippen LogP contribution < -0.4 is 0 Å². The molecule has 0 aliphatic carbocycles. The summed E-state index contributed by atoms with van der Waals surface area (Å²) in [7, 11) is -25.3. The SMILES string of the molecule is Cc1c(C(=O)O)cc(C(=O)O)c(C)c1S(=O)(=O)O.O=P(O)(O)F.O=P(O)(O)F.O=P(O)(O)F.O=P(O)(O)F. The Bertz CT molecular complexity index is 1110. The van der Waals surface area contributed by atoms with Crippen molar-refractivity contribution in [3.8, 4) is 0 Å². The molecule has 1 rings (SSSR count). The average molecular weight is 674 g/mol. The van der Waals surface area contributed by atoms with Crippen molar-refractivity contribution in [2.24, 2.45) is 0 Å². The van der Waals surface area contributed by atoms with E-state index in [2.05, 4.69) is 0 Å². The molecule has 19 nitrogen and oxygen atoms in total. The van der Waals surface area contributed by atoms with Gasteiger partial charge < -0.3 is 10.2 Å². The van der Waals surface area contributed by atoms with Crippen molar-refractivity contribution in [1.82, 2.24) is 0 Å². The number of rotatable bonds is 3. The van der Waals surface area contributed by atoms with E-state index in [1.807, 2.05) is 0 Å². The van der Waals surface area contributed by atoms with Gasteiger partial charge in [-0.2, -0.15) is 8.42 Å². The highest BCUT2D eigenvalue weighted by Crippen LogP contribution is 2.36. The fourth-order valence-electron chi connectivity index (χ4n) is 1.72. The molecule has 0 aliphatic rings. The lowest BCUT2D eigenvalue weighted by molar-refractivity contribution is 0.0695. The first-order chi connectivity index (χ1) is 16.1. The van der Waals surface area contributed by atoms with Gasteiger partial charge >= 0.3 is 43.6 Å². The number of hydrogen-bond acceptors (Lipinski definition) is 8. The second-order valence-electron chi connectivity index (χ2n) is 5.53. The molecule has 0 amide bonds. The molecule has 0 spiro atoms. The third-order valence-corrected chi connectivity index (χ3v) is 3.62. The number of aromatic carboxylic acids is 2. The first kappa shape index (κ1) is 43.4. The molecule has 1 aromatic carbocycles. The maximum absolute atomic E-state index is 11.2. The molecule has 38 heavy (non-hydrogen) atoms. The minimum Gasteiger partial charge on any atom is -0.478 e. The molecule has 0 bridgehead atoms. The van der Waals surface area contributed by atoms with Crippen molar-refractivity contribution in [3.05, 3.63) is 28.3 Å². The molecule has 0 aromatic heterocycles. The van der Waals surface area contributed by atoms with Gasteiger partial charge in [0, 0.05) is 0 Å². The molecule has 0 unspecified atom stereocenters. The van der Waals surface area contributed by atoms with Crippen molar-refractivity contribution >= 4 is 53.7 Å². The van der Waals surface area contributed by atoms with Crippen molar-refractivity contribution in [3.63, 3.8) is 0 Å². The number of halogens is 4. The summed E-state index contributed by atoms with van der Waals surface area (Å²) in [6, 6.07) is 0.865. The van der Waals surface area contributed by atoms with Crippen LogP contribution in [0.3, 0.4) is 0 Å². The summed E-state index contributed by atoms with van der Waals surface area (Å²) in [6.45, 7) is 2.37. The third kappa shape index (κ3) is 36.5. The molecule has 0 aliphatic heterocycles. The van der Waals surface area contributed by atoms with E-state index in [1.54, 1.807) is 0 Å². The molecule has 0 saturated heterocycles. The van der Waals surface area contributed by atoms with Crippen LogP contribution in [-0.4, -0.2) is 74.3 Å². The summed E-state index contributed by atoms with van der Waals surface area (Å²) in [4.78, 5) is 76.9. The van der Waals surface area contributed by atoms with E-state index < -0.39 is 69.7 Å². The van der Waals surface area contributed by atoms with Crippen LogP contribution in [-0.2, 0) is 28.4 Å². The molecule has 0 atom stereocenters. The van der Waals surface area contributed by atoms with Crippen LogP contribution >= 0.6 is 31.6 Å². The maximum Gasteiger partial charge on any atom is 0.507 e. The van der Waals surface area contributed by atoms with Crippen molar-refractivity contribution in [2.45, 2.75) is 18.7 Å². The molecule has 0 radical (unpaired) electrons.